The molecule has 1 fully saturated rings. The Bertz CT molecular complexity index is 875. The minimum atomic E-state index is -0.387. The number of likely N-dealkylation sites (tertiary alicyclic amines) is 1. The number of carbonyl (C=O) groups excluding carboxylic acids is 3. The molecule has 0 saturated carbocycles. The number of rotatable bonds is 7. The zero-order valence-electron chi connectivity index (χ0n) is 16.8. The summed E-state index contributed by atoms with van der Waals surface area (Å²) in [5, 5.41) is 2.84. The van der Waals surface area contributed by atoms with Gasteiger partial charge in [0.05, 0.1) is 18.1 Å². The molecule has 0 radical (unpaired) electrons. The first kappa shape index (κ1) is 20.6. The molecule has 6 nitrogen and oxygen atoms in total. The van der Waals surface area contributed by atoms with Crippen LogP contribution in [0.3, 0.4) is 0 Å². The molecular weight excluding hydrogens is 368 g/mol. The number of anilines is 1. The molecule has 1 heterocycles. The van der Waals surface area contributed by atoms with Gasteiger partial charge in [0.25, 0.3) is 0 Å². The molecule has 2 amide bonds. The largest absolute Gasteiger partial charge is 0.462 e. The van der Waals surface area contributed by atoms with Crippen molar-refractivity contribution in [2.24, 2.45) is 5.92 Å². The van der Waals surface area contributed by atoms with Gasteiger partial charge in [-0.2, -0.15) is 0 Å². The molecular formula is C23H26N2O4. The van der Waals surface area contributed by atoms with Crippen molar-refractivity contribution in [3.63, 3.8) is 0 Å². The summed E-state index contributed by atoms with van der Waals surface area (Å²) in [6, 6.07) is 14.6. The minimum Gasteiger partial charge on any atom is -0.462 e. The van der Waals surface area contributed by atoms with Crippen LogP contribution >= 0.6 is 0 Å². The molecule has 1 unspecified atom stereocenters. The van der Waals surface area contributed by atoms with Gasteiger partial charge in [0.1, 0.15) is 0 Å². The lowest BCUT2D eigenvalue weighted by molar-refractivity contribution is -0.128. The van der Waals surface area contributed by atoms with E-state index in [0.717, 1.165) is 12.0 Å². The lowest BCUT2D eigenvalue weighted by Crippen LogP contribution is -2.28. The van der Waals surface area contributed by atoms with Crippen LogP contribution in [0.5, 0.6) is 0 Å². The molecule has 1 atom stereocenters. The van der Waals surface area contributed by atoms with Gasteiger partial charge in [-0.05, 0) is 43.2 Å². The lowest BCUT2D eigenvalue weighted by atomic mass is 10.1. The number of hydrogen-bond acceptors (Lipinski definition) is 4. The average Bonchev–Trinajstić information content (AvgIpc) is 3.09. The molecule has 2 aromatic carbocycles. The Morgan fingerprint density at radius 1 is 1.10 bits per heavy atom. The summed E-state index contributed by atoms with van der Waals surface area (Å²) in [6.45, 7) is 5.25. The van der Waals surface area contributed by atoms with E-state index in [1.165, 1.54) is 5.56 Å². The first-order valence-corrected chi connectivity index (χ1v) is 9.87. The van der Waals surface area contributed by atoms with Crippen LogP contribution in [-0.2, 0) is 20.9 Å². The summed E-state index contributed by atoms with van der Waals surface area (Å²) in [4.78, 5) is 38.5. The number of esters is 1. The Hall–Kier alpha value is -3.15. The van der Waals surface area contributed by atoms with E-state index in [1.54, 1.807) is 29.2 Å². The number of carbonyl (C=O) groups is 3. The van der Waals surface area contributed by atoms with Crippen molar-refractivity contribution in [1.82, 2.24) is 4.90 Å². The Morgan fingerprint density at radius 3 is 2.45 bits per heavy atom. The molecule has 0 bridgehead atoms. The molecule has 1 N–H and O–H groups in total. The highest BCUT2D eigenvalue weighted by Gasteiger charge is 2.34. The van der Waals surface area contributed by atoms with Crippen molar-refractivity contribution in [1.29, 1.82) is 0 Å². The third-order valence-corrected chi connectivity index (χ3v) is 4.90. The van der Waals surface area contributed by atoms with Gasteiger partial charge in [-0.3, -0.25) is 9.59 Å². The second-order valence-electron chi connectivity index (χ2n) is 7.36. The van der Waals surface area contributed by atoms with Crippen LogP contribution in [0.4, 0.5) is 5.69 Å². The topological polar surface area (TPSA) is 75.7 Å². The highest BCUT2D eigenvalue weighted by atomic mass is 16.5. The number of benzene rings is 2. The number of ether oxygens (including phenoxy) is 1. The van der Waals surface area contributed by atoms with Gasteiger partial charge in [-0.25, -0.2) is 4.79 Å². The normalized spacial score (nSPS) is 16.0. The summed E-state index contributed by atoms with van der Waals surface area (Å²) in [7, 11) is 0. The van der Waals surface area contributed by atoms with Crippen molar-refractivity contribution < 1.29 is 19.1 Å². The Morgan fingerprint density at radius 2 is 1.79 bits per heavy atom. The molecule has 152 valence electrons. The maximum Gasteiger partial charge on any atom is 0.338 e. The van der Waals surface area contributed by atoms with Gasteiger partial charge < -0.3 is 15.0 Å². The second-order valence-corrected chi connectivity index (χ2v) is 7.36. The van der Waals surface area contributed by atoms with Crippen LogP contribution in [0.1, 0.15) is 41.3 Å². The summed E-state index contributed by atoms with van der Waals surface area (Å²) in [5.41, 5.74) is 3.25. The second kappa shape index (κ2) is 9.37. The first-order valence-electron chi connectivity index (χ1n) is 9.87. The van der Waals surface area contributed by atoms with E-state index in [1.807, 2.05) is 38.1 Å². The summed E-state index contributed by atoms with van der Waals surface area (Å²) in [5.74, 6) is -0.967. The van der Waals surface area contributed by atoms with Crippen molar-refractivity contribution in [3.8, 4) is 0 Å². The van der Waals surface area contributed by atoms with E-state index < -0.39 is 0 Å². The summed E-state index contributed by atoms with van der Waals surface area (Å²) < 4.78 is 5.09. The molecule has 29 heavy (non-hydrogen) atoms. The van der Waals surface area contributed by atoms with Crippen LogP contribution in [0.15, 0.2) is 48.5 Å². The SMILES string of the molecule is CCCOC(=O)c1ccc(NC(=O)C2CC(=O)N(Cc3ccc(C)cc3)C2)cc1. The van der Waals surface area contributed by atoms with Gasteiger partial charge in [-0.15, -0.1) is 0 Å². The van der Waals surface area contributed by atoms with Gasteiger partial charge >= 0.3 is 5.97 Å². The fraction of sp³-hybridized carbons (Fsp3) is 0.348. The number of hydrogen-bond donors (Lipinski definition) is 1. The van der Waals surface area contributed by atoms with Crippen molar-refractivity contribution in [2.45, 2.75) is 33.2 Å². The summed E-state index contributed by atoms with van der Waals surface area (Å²) in [6.07, 6.45) is 0.972. The number of aryl methyl sites for hydroxylation is 1. The summed E-state index contributed by atoms with van der Waals surface area (Å²) >= 11 is 0. The Balaban J connectivity index is 1.55. The van der Waals surface area contributed by atoms with Crippen LogP contribution in [0.25, 0.3) is 0 Å². The number of nitrogens with one attached hydrogen (secondary N) is 1. The predicted molar refractivity (Wildman–Crippen MR) is 110 cm³/mol. The third kappa shape index (κ3) is 5.44. The Kier molecular flexibility index (Phi) is 6.65. The van der Waals surface area contributed by atoms with Gasteiger partial charge in [0.15, 0.2) is 0 Å². The molecule has 6 heteroatoms. The molecule has 1 saturated heterocycles. The third-order valence-electron chi connectivity index (χ3n) is 4.90. The highest BCUT2D eigenvalue weighted by molar-refractivity contribution is 5.97. The number of nitrogens with zero attached hydrogens (tertiary/aromatic N) is 1. The van der Waals surface area contributed by atoms with Crippen molar-refractivity contribution in [3.05, 3.63) is 65.2 Å². The number of amides is 2. The molecule has 0 spiro atoms. The van der Waals surface area contributed by atoms with E-state index in [2.05, 4.69) is 5.32 Å². The van der Waals surface area contributed by atoms with Crippen molar-refractivity contribution >= 4 is 23.5 Å². The fourth-order valence-corrected chi connectivity index (χ4v) is 3.23. The van der Waals surface area contributed by atoms with Crippen molar-refractivity contribution in [2.75, 3.05) is 18.5 Å². The van der Waals surface area contributed by atoms with Crippen LogP contribution in [0.2, 0.25) is 0 Å². The molecule has 0 aromatic heterocycles. The molecule has 1 aliphatic heterocycles. The average molecular weight is 394 g/mol. The monoisotopic (exact) mass is 394 g/mol. The zero-order valence-corrected chi connectivity index (χ0v) is 16.8. The van der Waals surface area contributed by atoms with E-state index in [-0.39, 0.29) is 30.1 Å². The maximum absolute atomic E-state index is 12.6. The quantitative estimate of drug-likeness (QED) is 0.729. The zero-order chi connectivity index (χ0) is 20.8. The van der Waals surface area contributed by atoms with E-state index in [0.29, 0.717) is 30.9 Å². The van der Waals surface area contributed by atoms with Crippen LogP contribution < -0.4 is 5.32 Å². The van der Waals surface area contributed by atoms with Gasteiger partial charge in [0, 0.05) is 25.2 Å². The van der Waals surface area contributed by atoms with Crippen LogP contribution in [0, 0.1) is 12.8 Å². The lowest BCUT2D eigenvalue weighted by Gasteiger charge is -2.17. The van der Waals surface area contributed by atoms with Gasteiger partial charge in [0.2, 0.25) is 11.8 Å². The predicted octanol–water partition coefficient (Wildman–Crippen LogP) is 3.55. The first-order chi connectivity index (χ1) is 14.0. The standard InChI is InChI=1S/C23H26N2O4/c1-3-12-29-23(28)18-8-10-20(11-9-18)24-22(27)19-13-21(26)25(15-19)14-17-6-4-16(2)5-7-17/h4-11,19H,3,12-15H2,1-2H3,(H,24,27). The minimum absolute atomic E-state index is 0.0141. The smallest absolute Gasteiger partial charge is 0.338 e. The molecule has 3 rings (SSSR count). The van der Waals surface area contributed by atoms with E-state index >= 15 is 0 Å². The van der Waals surface area contributed by atoms with E-state index in [9.17, 15) is 14.4 Å². The van der Waals surface area contributed by atoms with Crippen LogP contribution in [-0.4, -0.2) is 35.8 Å². The highest BCUT2D eigenvalue weighted by Crippen LogP contribution is 2.22. The molecule has 2 aromatic rings. The Labute approximate surface area is 170 Å². The van der Waals surface area contributed by atoms with Gasteiger partial charge in [-0.1, -0.05) is 36.8 Å². The molecule has 1 aliphatic rings. The molecule has 0 aliphatic carbocycles. The van der Waals surface area contributed by atoms with E-state index in [4.69, 9.17) is 4.74 Å². The maximum atomic E-state index is 12.6. The fourth-order valence-electron chi connectivity index (χ4n) is 3.23.